The van der Waals surface area contributed by atoms with E-state index in [-0.39, 0.29) is 5.71 Å². The van der Waals surface area contributed by atoms with Crippen molar-refractivity contribution < 1.29 is 0 Å². The highest BCUT2D eigenvalue weighted by atomic mass is 15.3. The molecule has 0 bridgehead atoms. The lowest BCUT2D eigenvalue weighted by Crippen LogP contribution is -1.96. The second kappa shape index (κ2) is 6.72. The van der Waals surface area contributed by atoms with Gasteiger partial charge in [0.05, 0.1) is 5.69 Å². The Kier molecular flexibility index (Phi) is 4.48. The fourth-order valence-electron chi connectivity index (χ4n) is 1.72. The Labute approximate surface area is 117 Å². The van der Waals surface area contributed by atoms with Gasteiger partial charge in [-0.1, -0.05) is 42.5 Å². The first kappa shape index (κ1) is 13.3. The van der Waals surface area contributed by atoms with Crippen molar-refractivity contribution in [3.63, 3.8) is 0 Å². The second-order valence-electron chi connectivity index (χ2n) is 4.16. The molecule has 0 amide bonds. The molecule has 0 fully saturated rings. The van der Waals surface area contributed by atoms with Crippen LogP contribution < -0.4 is 5.43 Å². The van der Waals surface area contributed by atoms with Gasteiger partial charge in [-0.15, -0.1) is 0 Å². The third-order valence-electron chi connectivity index (χ3n) is 2.71. The largest absolute Gasteiger partial charge is 0.277 e. The molecule has 0 heterocycles. The molecule has 2 aromatic carbocycles. The Hall–Kier alpha value is -3.11. The fraction of sp³-hybridized carbons (Fsp3) is 0.0625. The third-order valence-corrected chi connectivity index (χ3v) is 2.71. The predicted octanol–water partition coefficient (Wildman–Crippen LogP) is 3.09. The van der Waals surface area contributed by atoms with E-state index in [1.54, 1.807) is 12.1 Å². The van der Waals surface area contributed by atoms with Crippen LogP contribution in [-0.4, -0.2) is 5.71 Å². The summed E-state index contributed by atoms with van der Waals surface area (Å²) in [6, 6.07) is 21.3. The van der Waals surface area contributed by atoms with E-state index in [1.165, 1.54) is 11.1 Å². The van der Waals surface area contributed by atoms with Gasteiger partial charge in [0.15, 0.2) is 0 Å². The SMILES string of the molecule is N#CC(C#N)=NNc1ccc(Cc2ccccc2)cc1. The summed E-state index contributed by atoms with van der Waals surface area (Å²) in [6.07, 6.45) is 0.867. The lowest BCUT2D eigenvalue weighted by molar-refractivity contribution is 1.19. The summed E-state index contributed by atoms with van der Waals surface area (Å²) in [5.74, 6) is 0. The molecule has 0 aliphatic rings. The molecule has 0 radical (unpaired) electrons. The molecule has 20 heavy (non-hydrogen) atoms. The molecule has 4 heteroatoms. The molecule has 0 spiro atoms. The third kappa shape index (κ3) is 3.69. The lowest BCUT2D eigenvalue weighted by atomic mass is 10.1. The smallest absolute Gasteiger partial charge is 0.237 e. The maximum absolute atomic E-state index is 8.57. The molecular weight excluding hydrogens is 248 g/mol. The van der Waals surface area contributed by atoms with Crippen LogP contribution in [0.2, 0.25) is 0 Å². The standard InChI is InChI=1S/C16H12N4/c17-11-16(12-18)20-19-15-8-6-14(7-9-15)10-13-4-2-1-3-5-13/h1-9,19H,10H2. The highest BCUT2D eigenvalue weighted by Gasteiger charge is 1.97. The summed E-state index contributed by atoms with van der Waals surface area (Å²) in [6.45, 7) is 0. The number of benzene rings is 2. The van der Waals surface area contributed by atoms with E-state index in [0.29, 0.717) is 0 Å². The summed E-state index contributed by atoms with van der Waals surface area (Å²) in [7, 11) is 0. The summed E-state index contributed by atoms with van der Waals surface area (Å²) >= 11 is 0. The van der Waals surface area contributed by atoms with E-state index in [0.717, 1.165) is 12.1 Å². The van der Waals surface area contributed by atoms with Crippen LogP contribution >= 0.6 is 0 Å². The molecule has 0 saturated carbocycles. The van der Waals surface area contributed by atoms with E-state index in [4.69, 9.17) is 10.5 Å². The number of nitrogens with one attached hydrogen (secondary N) is 1. The van der Waals surface area contributed by atoms with Crippen LogP contribution in [0.4, 0.5) is 5.69 Å². The minimum atomic E-state index is -0.196. The van der Waals surface area contributed by atoms with Crippen LogP contribution in [0.1, 0.15) is 11.1 Å². The van der Waals surface area contributed by atoms with Crippen molar-refractivity contribution in [3.8, 4) is 12.1 Å². The van der Waals surface area contributed by atoms with Crippen molar-refractivity contribution in [3.05, 3.63) is 65.7 Å². The van der Waals surface area contributed by atoms with Gasteiger partial charge in [0.1, 0.15) is 12.1 Å². The summed E-state index contributed by atoms with van der Waals surface area (Å²) in [5.41, 5.74) is 5.66. The van der Waals surface area contributed by atoms with Crippen molar-refractivity contribution >= 4 is 11.4 Å². The normalized spacial score (nSPS) is 9.10. The molecule has 2 aromatic rings. The Balaban J connectivity index is 2.02. The fourth-order valence-corrected chi connectivity index (χ4v) is 1.72. The van der Waals surface area contributed by atoms with Crippen LogP contribution in [-0.2, 0) is 6.42 Å². The van der Waals surface area contributed by atoms with E-state index >= 15 is 0 Å². The maximum Gasteiger partial charge on any atom is 0.237 e. The van der Waals surface area contributed by atoms with Gasteiger partial charge in [-0.3, -0.25) is 5.43 Å². The monoisotopic (exact) mass is 260 g/mol. The van der Waals surface area contributed by atoms with Gasteiger partial charge < -0.3 is 0 Å². The number of hydrazone groups is 1. The minimum Gasteiger partial charge on any atom is -0.277 e. The molecule has 2 rings (SSSR count). The zero-order valence-electron chi connectivity index (χ0n) is 10.7. The molecule has 0 aromatic heterocycles. The number of anilines is 1. The first-order valence-electron chi connectivity index (χ1n) is 6.08. The van der Waals surface area contributed by atoms with Gasteiger partial charge in [0, 0.05) is 0 Å². The quantitative estimate of drug-likeness (QED) is 0.678. The zero-order valence-corrected chi connectivity index (χ0v) is 10.7. The van der Waals surface area contributed by atoms with Gasteiger partial charge in [-0.05, 0) is 29.7 Å². The van der Waals surface area contributed by atoms with Crippen molar-refractivity contribution in [2.45, 2.75) is 6.42 Å². The predicted molar refractivity (Wildman–Crippen MR) is 78.0 cm³/mol. The van der Waals surface area contributed by atoms with Crippen molar-refractivity contribution in [2.24, 2.45) is 5.10 Å². The van der Waals surface area contributed by atoms with Crippen LogP contribution in [0.3, 0.4) is 0 Å². The number of hydrogen-bond acceptors (Lipinski definition) is 4. The van der Waals surface area contributed by atoms with E-state index in [2.05, 4.69) is 22.7 Å². The summed E-state index contributed by atoms with van der Waals surface area (Å²) in [5, 5.41) is 20.8. The zero-order chi connectivity index (χ0) is 14.2. The highest BCUT2D eigenvalue weighted by Crippen LogP contribution is 2.13. The van der Waals surface area contributed by atoms with Crippen molar-refractivity contribution in [1.29, 1.82) is 10.5 Å². The van der Waals surface area contributed by atoms with Gasteiger partial charge in [-0.2, -0.15) is 15.6 Å². The Bertz CT molecular complexity index is 657. The molecular formula is C16H12N4. The second-order valence-corrected chi connectivity index (χ2v) is 4.16. The summed E-state index contributed by atoms with van der Waals surface area (Å²) < 4.78 is 0. The van der Waals surface area contributed by atoms with E-state index in [1.807, 2.05) is 42.5 Å². The lowest BCUT2D eigenvalue weighted by Gasteiger charge is -2.04. The number of nitrogens with zero attached hydrogens (tertiary/aromatic N) is 3. The van der Waals surface area contributed by atoms with Gasteiger partial charge >= 0.3 is 0 Å². The molecule has 1 N–H and O–H groups in total. The van der Waals surface area contributed by atoms with E-state index in [9.17, 15) is 0 Å². The average molecular weight is 260 g/mol. The molecule has 4 nitrogen and oxygen atoms in total. The van der Waals surface area contributed by atoms with Gasteiger partial charge in [-0.25, -0.2) is 0 Å². The van der Waals surface area contributed by atoms with Crippen molar-refractivity contribution in [1.82, 2.24) is 0 Å². The Morgan fingerprint density at radius 1 is 0.900 bits per heavy atom. The first-order chi connectivity index (χ1) is 9.81. The molecule has 96 valence electrons. The Morgan fingerprint density at radius 3 is 2.10 bits per heavy atom. The topological polar surface area (TPSA) is 72.0 Å². The van der Waals surface area contributed by atoms with Crippen LogP contribution in [0, 0.1) is 22.7 Å². The van der Waals surface area contributed by atoms with Gasteiger partial charge in [0.25, 0.3) is 0 Å². The van der Waals surface area contributed by atoms with E-state index < -0.39 is 0 Å². The molecule has 0 aliphatic heterocycles. The average Bonchev–Trinajstić information content (AvgIpc) is 2.51. The van der Waals surface area contributed by atoms with Crippen LogP contribution in [0.25, 0.3) is 0 Å². The number of hydrogen-bond donors (Lipinski definition) is 1. The first-order valence-corrected chi connectivity index (χ1v) is 6.08. The molecule has 0 atom stereocenters. The number of nitriles is 2. The van der Waals surface area contributed by atoms with Crippen LogP contribution in [0.15, 0.2) is 59.7 Å². The van der Waals surface area contributed by atoms with Crippen LogP contribution in [0.5, 0.6) is 0 Å². The molecule has 0 aliphatic carbocycles. The summed E-state index contributed by atoms with van der Waals surface area (Å²) in [4.78, 5) is 0. The van der Waals surface area contributed by atoms with Gasteiger partial charge in [0.2, 0.25) is 5.71 Å². The number of rotatable bonds is 4. The minimum absolute atomic E-state index is 0.196. The van der Waals surface area contributed by atoms with Crippen molar-refractivity contribution in [2.75, 3.05) is 5.43 Å². The molecule has 0 saturated heterocycles. The Morgan fingerprint density at radius 2 is 1.50 bits per heavy atom. The highest BCUT2D eigenvalue weighted by molar-refractivity contribution is 6.10. The maximum atomic E-state index is 8.57. The molecule has 0 unspecified atom stereocenters.